The summed E-state index contributed by atoms with van der Waals surface area (Å²) in [6.45, 7) is 7.88. The second kappa shape index (κ2) is 3.83. The SMILES string of the molecule is CC1(C)OB(c2ccc(C(=O)O)s2)OC1(C)C. The van der Waals surface area contributed by atoms with Crippen LogP contribution in [0, 0.1) is 0 Å². The van der Waals surface area contributed by atoms with Gasteiger partial charge in [-0.15, -0.1) is 11.3 Å². The normalized spacial score (nSPS) is 21.8. The molecule has 1 aromatic rings. The molecule has 92 valence electrons. The molecule has 1 aliphatic heterocycles. The third kappa shape index (κ3) is 2.12. The van der Waals surface area contributed by atoms with Gasteiger partial charge in [-0.05, 0) is 33.8 Å². The van der Waals surface area contributed by atoms with E-state index in [1.165, 1.54) is 11.3 Å². The molecule has 0 saturated carbocycles. The van der Waals surface area contributed by atoms with Crippen LogP contribution >= 0.6 is 11.3 Å². The fourth-order valence-electron chi connectivity index (χ4n) is 1.55. The predicted molar refractivity (Wildman–Crippen MR) is 67.0 cm³/mol. The first kappa shape index (κ1) is 12.6. The Kier molecular flexibility index (Phi) is 2.84. The highest BCUT2D eigenvalue weighted by atomic mass is 32.1. The largest absolute Gasteiger partial charge is 0.505 e. The first-order valence-electron chi connectivity index (χ1n) is 5.41. The van der Waals surface area contributed by atoms with E-state index in [1.807, 2.05) is 27.7 Å². The summed E-state index contributed by atoms with van der Waals surface area (Å²) in [5, 5.41) is 8.88. The van der Waals surface area contributed by atoms with E-state index < -0.39 is 24.3 Å². The first-order chi connectivity index (χ1) is 7.73. The van der Waals surface area contributed by atoms with Crippen molar-refractivity contribution < 1.29 is 19.2 Å². The van der Waals surface area contributed by atoms with Gasteiger partial charge in [0.1, 0.15) is 4.88 Å². The van der Waals surface area contributed by atoms with Crippen molar-refractivity contribution in [1.29, 1.82) is 0 Å². The number of aromatic carboxylic acids is 1. The molecule has 6 heteroatoms. The Balaban J connectivity index is 2.23. The maximum atomic E-state index is 10.8. The number of hydrogen-bond acceptors (Lipinski definition) is 4. The van der Waals surface area contributed by atoms with Crippen LogP contribution in [0.3, 0.4) is 0 Å². The standard InChI is InChI=1S/C11H15BO4S/c1-10(2)11(3,4)16-12(15-10)8-6-5-7(17-8)9(13)14/h5-6H,1-4H3,(H,13,14). The Morgan fingerprint density at radius 1 is 1.24 bits per heavy atom. The van der Waals surface area contributed by atoms with Crippen molar-refractivity contribution in [3.8, 4) is 0 Å². The van der Waals surface area contributed by atoms with Crippen LogP contribution in [0.4, 0.5) is 0 Å². The highest BCUT2D eigenvalue weighted by Crippen LogP contribution is 2.36. The van der Waals surface area contributed by atoms with Crippen molar-refractivity contribution >= 4 is 29.2 Å². The van der Waals surface area contributed by atoms with Crippen LogP contribution in [0.2, 0.25) is 0 Å². The zero-order valence-corrected chi connectivity index (χ0v) is 11.1. The van der Waals surface area contributed by atoms with Crippen molar-refractivity contribution in [2.24, 2.45) is 0 Å². The van der Waals surface area contributed by atoms with Crippen LogP contribution in [0.25, 0.3) is 0 Å². The summed E-state index contributed by atoms with van der Waals surface area (Å²) in [6.07, 6.45) is 0. The Morgan fingerprint density at radius 2 is 1.76 bits per heavy atom. The van der Waals surface area contributed by atoms with E-state index in [2.05, 4.69) is 0 Å². The minimum Gasteiger partial charge on any atom is -0.477 e. The third-order valence-electron chi connectivity index (χ3n) is 3.32. The Morgan fingerprint density at radius 3 is 2.18 bits per heavy atom. The van der Waals surface area contributed by atoms with Gasteiger partial charge in [0.25, 0.3) is 0 Å². The lowest BCUT2D eigenvalue weighted by atomic mass is 9.88. The smallest absolute Gasteiger partial charge is 0.477 e. The molecule has 0 aliphatic carbocycles. The summed E-state index contributed by atoms with van der Waals surface area (Å²) in [5.41, 5.74) is -0.796. The van der Waals surface area contributed by atoms with E-state index in [-0.39, 0.29) is 0 Å². The summed E-state index contributed by atoms with van der Waals surface area (Å²) in [4.78, 5) is 11.1. The summed E-state index contributed by atoms with van der Waals surface area (Å²) < 4.78 is 12.5. The molecule has 0 unspecified atom stereocenters. The van der Waals surface area contributed by atoms with Crippen molar-refractivity contribution in [1.82, 2.24) is 0 Å². The average molecular weight is 254 g/mol. The molecule has 17 heavy (non-hydrogen) atoms. The molecule has 1 fully saturated rings. The molecule has 1 saturated heterocycles. The average Bonchev–Trinajstić information content (AvgIpc) is 2.70. The molecule has 0 aromatic carbocycles. The van der Waals surface area contributed by atoms with E-state index >= 15 is 0 Å². The van der Waals surface area contributed by atoms with Crippen LogP contribution < -0.4 is 4.78 Å². The van der Waals surface area contributed by atoms with Crippen LogP contribution in [0.15, 0.2) is 12.1 Å². The number of carboxylic acid groups (broad SMARTS) is 1. The van der Waals surface area contributed by atoms with E-state index in [0.29, 0.717) is 4.88 Å². The first-order valence-corrected chi connectivity index (χ1v) is 6.23. The molecule has 0 radical (unpaired) electrons. The van der Waals surface area contributed by atoms with Gasteiger partial charge >= 0.3 is 13.1 Å². The predicted octanol–water partition coefficient (Wildman–Crippen LogP) is 1.75. The van der Waals surface area contributed by atoms with E-state index in [0.717, 1.165) is 4.78 Å². The Hall–Kier alpha value is -0.845. The number of carboxylic acids is 1. The molecular weight excluding hydrogens is 239 g/mol. The lowest BCUT2D eigenvalue weighted by Gasteiger charge is -2.32. The van der Waals surface area contributed by atoms with Gasteiger partial charge in [-0.3, -0.25) is 0 Å². The second-order valence-corrected chi connectivity index (χ2v) is 6.21. The van der Waals surface area contributed by atoms with Gasteiger partial charge in [0.05, 0.1) is 11.2 Å². The van der Waals surface area contributed by atoms with Crippen molar-refractivity contribution in [2.75, 3.05) is 0 Å². The van der Waals surface area contributed by atoms with Gasteiger partial charge in [0.15, 0.2) is 0 Å². The van der Waals surface area contributed by atoms with E-state index in [9.17, 15) is 4.79 Å². The summed E-state index contributed by atoms with van der Waals surface area (Å²) in [6, 6.07) is 3.32. The molecule has 0 atom stereocenters. The van der Waals surface area contributed by atoms with Crippen LogP contribution in [0.5, 0.6) is 0 Å². The number of thiophene rings is 1. The molecule has 0 spiro atoms. The van der Waals surface area contributed by atoms with Crippen LogP contribution in [-0.2, 0) is 9.31 Å². The third-order valence-corrected chi connectivity index (χ3v) is 4.42. The zero-order chi connectivity index (χ0) is 12.8. The van der Waals surface area contributed by atoms with E-state index in [4.69, 9.17) is 14.4 Å². The summed E-state index contributed by atoms with van der Waals surface area (Å²) in [5.74, 6) is -0.919. The summed E-state index contributed by atoms with van der Waals surface area (Å²) >= 11 is 1.19. The topological polar surface area (TPSA) is 55.8 Å². The van der Waals surface area contributed by atoms with Gasteiger partial charge in [0, 0.05) is 4.78 Å². The maximum absolute atomic E-state index is 10.8. The number of rotatable bonds is 2. The van der Waals surface area contributed by atoms with Gasteiger partial charge < -0.3 is 14.4 Å². The molecule has 0 bridgehead atoms. The molecule has 1 aromatic heterocycles. The number of hydrogen-bond donors (Lipinski definition) is 1. The minimum atomic E-state index is -0.919. The minimum absolute atomic E-state index is 0.301. The fraction of sp³-hybridized carbons (Fsp3) is 0.545. The number of carbonyl (C=O) groups is 1. The highest BCUT2D eigenvalue weighted by molar-refractivity contribution is 7.23. The lowest BCUT2D eigenvalue weighted by Crippen LogP contribution is -2.41. The molecule has 1 aliphatic rings. The van der Waals surface area contributed by atoms with Gasteiger partial charge in [-0.2, -0.15) is 0 Å². The van der Waals surface area contributed by atoms with Crippen molar-refractivity contribution in [3.63, 3.8) is 0 Å². The lowest BCUT2D eigenvalue weighted by molar-refractivity contribution is 0.00578. The molecule has 4 nitrogen and oxygen atoms in total. The molecular formula is C11H15BO4S. The molecule has 2 rings (SSSR count). The van der Waals surface area contributed by atoms with Crippen molar-refractivity contribution in [2.45, 2.75) is 38.9 Å². The fourth-order valence-corrected chi connectivity index (χ4v) is 2.36. The van der Waals surface area contributed by atoms with E-state index in [1.54, 1.807) is 12.1 Å². The maximum Gasteiger partial charge on any atom is 0.505 e. The Labute approximate surface area is 105 Å². The quantitative estimate of drug-likeness (QED) is 0.817. The zero-order valence-electron chi connectivity index (χ0n) is 10.3. The van der Waals surface area contributed by atoms with Gasteiger partial charge in [-0.1, -0.05) is 6.07 Å². The Bertz CT molecular complexity index is 436. The highest BCUT2D eigenvalue weighted by Gasteiger charge is 2.52. The monoisotopic (exact) mass is 254 g/mol. The molecule has 1 N–H and O–H groups in total. The molecule has 0 amide bonds. The van der Waals surface area contributed by atoms with Crippen LogP contribution in [0.1, 0.15) is 37.4 Å². The van der Waals surface area contributed by atoms with Crippen LogP contribution in [-0.4, -0.2) is 29.4 Å². The summed E-state index contributed by atoms with van der Waals surface area (Å²) in [7, 11) is -0.474. The second-order valence-electron chi connectivity index (χ2n) is 5.10. The van der Waals surface area contributed by atoms with Gasteiger partial charge in [-0.25, -0.2) is 4.79 Å². The van der Waals surface area contributed by atoms with Crippen molar-refractivity contribution in [3.05, 3.63) is 17.0 Å². The molecule has 2 heterocycles. The van der Waals surface area contributed by atoms with Gasteiger partial charge in [0.2, 0.25) is 0 Å².